The number of phenols is 1. The molecule has 0 radical (unpaired) electrons. The summed E-state index contributed by atoms with van der Waals surface area (Å²) in [5.74, 6) is 0.0835. The largest absolute Gasteiger partial charge is 1.00 e. The highest BCUT2D eigenvalue weighted by molar-refractivity contribution is 5.98. The number of carbonyl (C=O) groups is 1. The number of para-hydroxylation sites is 1. The third kappa shape index (κ3) is 5.52. The molecule has 0 aliphatic carbocycles. The van der Waals surface area contributed by atoms with Gasteiger partial charge in [0.1, 0.15) is 5.75 Å². The fourth-order valence-electron chi connectivity index (χ4n) is 1.68. The average molecular weight is 271 g/mol. The molecule has 0 saturated heterocycles. The highest BCUT2D eigenvalue weighted by atomic mass is 35.5. The number of phenolic OH excluding ortho intramolecular Hbond substituents is 1. The van der Waals surface area contributed by atoms with Gasteiger partial charge in [-0.15, -0.1) is 0 Å². The maximum atomic E-state index is 11.9. The van der Waals surface area contributed by atoms with Gasteiger partial charge < -0.3 is 22.4 Å². The Labute approximate surface area is 115 Å². The molecule has 0 heterocycles. The summed E-state index contributed by atoms with van der Waals surface area (Å²) in [6, 6.07) is 6.71. The molecule has 102 valence electrons. The van der Waals surface area contributed by atoms with Crippen LogP contribution in [-0.4, -0.2) is 35.9 Å². The van der Waals surface area contributed by atoms with Crippen molar-refractivity contribution < 1.29 is 22.3 Å². The lowest BCUT2D eigenvalue weighted by molar-refractivity contribution is -0.0000130. The first-order chi connectivity index (χ1) is 8.15. The molecule has 1 N–H and O–H groups in total. The molecular weight excluding hydrogens is 250 g/mol. The fraction of sp³-hybridized carbons (Fsp3) is 0.500. The van der Waals surface area contributed by atoms with Crippen LogP contribution in [0, 0.1) is 0 Å². The molecule has 18 heavy (non-hydrogen) atoms. The van der Waals surface area contributed by atoms with Crippen LogP contribution in [0.25, 0.3) is 0 Å². The number of hydrogen-bond acceptors (Lipinski definition) is 3. The third-order valence-electron chi connectivity index (χ3n) is 2.82. The molecule has 1 aromatic rings. The summed E-state index contributed by atoms with van der Waals surface area (Å²) in [6.07, 6.45) is 2.77. The fourth-order valence-corrected chi connectivity index (χ4v) is 1.68. The second-order valence-electron chi connectivity index (χ2n) is 4.35. The minimum Gasteiger partial charge on any atom is -1.00 e. The van der Waals surface area contributed by atoms with Crippen LogP contribution in [0.2, 0.25) is 0 Å². The Bertz CT molecular complexity index is 369. The quantitative estimate of drug-likeness (QED) is 0.692. The van der Waals surface area contributed by atoms with Gasteiger partial charge in [-0.1, -0.05) is 25.5 Å². The molecular formula is C14H21ClNO2-. The van der Waals surface area contributed by atoms with E-state index in [9.17, 15) is 9.90 Å². The van der Waals surface area contributed by atoms with Gasteiger partial charge in [-0.05, 0) is 32.1 Å². The molecule has 0 aliphatic rings. The number of aromatic hydroxyl groups is 1. The second kappa shape index (κ2) is 8.95. The molecule has 0 spiro atoms. The Kier molecular flexibility index (Phi) is 8.42. The number of benzene rings is 1. The second-order valence-corrected chi connectivity index (χ2v) is 4.35. The summed E-state index contributed by atoms with van der Waals surface area (Å²) in [5.41, 5.74) is 0.427. The zero-order valence-electron chi connectivity index (χ0n) is 11.0. The standard InChI is InChI=1S/C14H21NO2.ClH/c1-3-4-10-15(2)11-9-14(17)12-7-5-6-8-13(12)16;/h5-8,16H,3-4,9-11H2,1-2H3;1H/p-1. The van der Waals surface area contributed by atoms with Gasteiger partial charge >= 0.3 is 0 Å². The summed E-state index contributed by atoms with van der Waals surface area (Å²) >= 11 is 0. The van der Waals surface area contributed by atoms with Crippen molar-refractivity contribution in [2.45, 2.75) is 26.2 Å². The van der Waals surface area contributed by atoms with Gasteiger partial charge in [0.15, 0.2) is 5.78 Å². The van der Waals surface area contributed by atoms with E-state index in [-0.39, 0.29) is 23.9 Å². The molecule has 0 amide bonds. The van der Waals surface area contributed by atoms with Gasteiger partial charge in [0, 0.05) is 13.0 Å². The molecule has 4 heteroatoms. The van der Waals surface area contributed by atoms with Gasteiger partial charge in [-0.3, -0.25) is 4.79 Å². The van der Waals surface area contributed by atoms with Crippen molar-refractivity contribution in [2.24, 2.45) is 0 Å². The van der Waals surface area contributed by atoms with Crippen molar-refractivity contribution in [3.63, 3.8) is 0 Å². The van der Waals surface area contributed by atoms with E-state index in [2.05, 4.69) is 11.8 Å². The summed E-state index contributed by atoms with van der Waals surface area (Å²) in [6.45, 7) is 3.92. The number of ketones is 1. The molecule has 1 aromatic carbocycles. The van der Waals surface area contributed by atoms with E-state index in [0.29, 0.717) is 12.0 Å². The molecule has 0 aromatic heterocycles. The van der Waals surface area contributed by atoms with Crippen LogP contribution in [0.5, 0.6) is 5.75 Å². The molecule has 0 atom stereocenters. The number of rotatable bonds is 7. The van der Waals surface area contributed by atoms with Gasteiger partial charge in [0.25, 0.3) is 0 Å². The number of carbonyl (C=O) groups excluding carboxylic acids is 1. The van der Waals surface area contributed by atoms with Gasteiger partial charge in [-0.25, -0.2) is 0 Å². The Morgan fingerprint density at radius 2 is 1.94 bits per heavy atom. The molecule has 0 aliphatic heterocycles. The molecule has 1 rings (SSSR count). The summed E-state index contributed by atoms with van der Waals surface area (Å²) in [5, 5.41) is 9.55. The zero-order valence-corrected chi connectivity index (χ0v) is 11.8. The summed E-state index contributed by atoms with van der Waals surface area (Å²) in [7, 11) is 2.02. The number of Topliss-reactive ketones (excluding diaryl/α,β-unsaturated/α-hetero) is 1. The smallest absolute Gasteiger partial charge is 0.167 e. The van der Waals surface area contributed by atoms with Crippen molar-refractivity contribution in [2.75, 3.05) is 20.1 Å². The third-order valence-corrected chi connectivity index (χ3v) is 2.82. The van der Waals surface area contributed by atoms with Gasteiger partial charge in [0.2, 0.25) is 0 Å². The average Bonchev–Trinajstić information content (AvgIpc) is 2.34. The van der Waals surface area contributed by atoms with E-state index in [1.54, 1.807) is 24.3 Å². The number of hydrogen-bond donors (Lipinski definition) is 1. The van der Waals surface area contributed by atoms with Crippen molar-refractivity contribution in [3.8, 4) is 5.75 Å². The lowest BCUT2D eigenvalue weighted by Gasteiger charge is -2.15. The number of nitrogens with zero attached hydrogens (tertiary/aromatic N) is 1. The Hall–Kier alpha value is -1.06. The SMILES string of the molecule is CCCCN(C)CCC(=O)c1ccccc1O.[Cl-]. The van der Waals surface area contributed by atoms with E-state index < -0.39 is 0 Å². The van der Waals surface area contributed by atoms with Crippen LogP contribution in [0.3, 0.4) is 0 Å². The van der Waals surface area contributed by atoms with E-state index in [4.69, 9.17) is 0 Å². The first-order valence-corrected chi connectivity index (χ1v) is 6.15. The summed E-state index contributed by atoms with van der Waals surface area (Å²) in [4.78, 5) is 14.0. The van der Waals surface area contributed by atoms with Crippen LogP contribution in [0.15, 0.2) is 24.3 Å². The van der Waals surface area contributed by atoms with Crippen LogP contribution in [0.1, 0.15) is 36.5 Å². The topological polar surface area (TPSA) is 40.5 Å². The summed E-state index contributed by atoms with van der Waals surface area (Å²) < 4.78 is 0. The lowest BCUT2D eigenvalue weighted by Crippen LogP contribution is -3.00. The Morgan fingerprint density at radius 3 is 2.56 bits per heavy atom. The van der Waals surface area contributed by atoms with E-state index in [1.165, 1.54) is 0 Å². The minimum atomic E-state index is 0. The molecule has 3 nitrogen and oxygen atoms in total. The predicted octanol–water partition coefficient (Wildman–Crippen LogP) is -0.299. The van der Waals surface area contributed by atoms with Gasteiger partial charge in [0.05, 0.1) is 5.56 Å². The van der Waals surface area contributed by atoms with E-state index in [0.717, 1.165) is 25.9 Å². The Morgan fingerprint density at radius 1 is 1.28 bits per heavy atom. The monoisotopic (exact) mass is 270 g/mol. The zero-order chi connectivity index (χ0) is 12.7. The maximum Gasteiger partial charge on any atom is 0.167 e. The van der Waals surface area contributed by atoms with Crippen LogP contribution in [-0.2, 0) is 0 Å². The predicted molar refractivity (Wildman–Crippen MR) is 69.5 cm³/mol. The first kappa shape index (κ1) is 16.9. The van der Waals surface area contributed by atoms with Gasteiger partial charge in [-0.2, -0.15) is 0 Å². The Balaban J connectivity index is 0.00000289. The minimum absolute atomic E-state index is 0. The number of halogens is 1. The molecule has 0 unspecified atom stereocenters. The normalized spacial score (nSPS) is 10.2. The lowest BCUT2D eigenvalue weighted by atomic mass is 10.1. The highest BCUT2D eigenvalue weighted by Gasteiger charge is 2.10. The van der Waals surface area contributed by atoms with Crippen molar-refractivity contribution in [1.29, 1.82) is 0 Å². The van der Waals surface area contributed by atoms with E-state index >= 15 is 0 Å². The van der Waals surface area contributed by atoms with Crippen molar-refractivity contribution in [3.05, 3.63) is 29.8 Å². The van der Waals surface area contributed by atoms with E-state index in [1.807, 2.05) is 7.05 Å². The number of unbranched alkanes of at least 4 members (excludes halogenated alkanes) is 1. The van der Waals surface area contributed by atoms with Crippen LogP contribution in [0.4, 0.5) is 0 Å². The van der Waals surface area contributed by atoms with Crippen molar-refractivity contribution >= 4 is 5.78 Å². The van der Waals surface area contributed by atoms with Crippen LogP contribution >= 0.6 is 0 Å². The first-order valence-electron chi connectivity index (χ1n) is 6.15. The highest BCUT2D eigenvalue weighted by Crippen LogP contribution is 2.17. The maximum absolute atomic E-state index is 11.9. The van der Waals surface area contributed by atoms with Crippen LogP contribution < -0.4 is 12.4 Å². The molecule has 0 saturated carbocycles. The molecule has 0 bridgehead atoms. The molecule has 0 fully saturated rings. The van der Waals surface area contributed by atoms with Crippen molar-refractivity contribution in [1.82, 2.24) is 4.90 Å².